The zero-order valence-electron chi connectivity index (χ0n) is 10.8. The number of anilines is 1. The Bertz CT molecular complexity index is 631. The Morgan fingerprint density at radius 2 is 2.35 bits per heavy atom. The number of nitrogens with zero attached hydrogens (tertiary/aromatic N) is 5. The first-order chi connectivity index (χ1) is 9.83. The van der Waals surface area contributed by atoms with Gasteiger partial charge in [-0.05, 0) is 18.6 Å². The van der Waals surface area contributed by atoms with Crippen molar-refractivity contribution in [3.63, 3.8) is 0 Å². The van der Waals surface area contributed by atoms with E-state index in [0.717, 1.165) is 31.0 Å². The molecule has 2 aromatic heterocycles. The van der Waals surface area contributed by atoms with E-state index in [1.807, 2.05) is 16.8 Å². The molecule has 7 heteroatoms. The molecule has 2 aliphatic rings. The SMILES string of the molecule is Clc1cccnc1N1CC[C@H]2[C@H](C1)OCc1cnnn12. The van der Waals surface area contributed by atoms with Gasteiger partial charge >= 0.3 is 0 Å². The molecule has 2 aliphatic heterocycles. The van der Waals surface area contributed by atoms with Crippen molar-refractivity contribution in [1.29, 1.82) is 0 Å². The van der Waals surface area contributed by atoms with Crippen LogP contribution in [0.2, 0.25) is 5.02 Å². The second-order valence-electron chi connectivity index (χ2n) is 5.13. The molecule has 2 aromatic rings. The predicted molar refractivity (Wildman–Crippen MR) is 73.7 cm³/mol. The van der Waals surface area contributed by atoms with E-state index in [4.69, 9.17) is 16.3 Å². The molecular formula is C13H14ClN5O. The maximum absolute atomic E-state index is 6.22. The maximum atomic E-state index is 6.22. The standard InChI is InChI=1S/C13H14ClN5O/c14-10-2-1-4-15-13(10)18-5-3-11-12(7-18)20-8-9-6-16-17-19(9)11/h1-2,4,6,11-12H,3,5,7-8H2/t11-,12-/m0/s1. The van der Waals surface area contributed by atoms with Gasteiger partial charge in [0.15, 0.2) is 0 Å². The van der Waals surface area contributed by atoms with Gasteiger partial charge in [0, 0.05) is 19.3 Å². The van der Waals surface area contributed by atoms with Gasteiger partial charge in [0.25, 0.3) is 0 Å². The lowest BCUT2D eigenvalue weighted by atomic mass is 10.00. The summed E-state index contributed by atoms with van der Waals surface area (Å²) in [7, 11) is 0. The molecule has 20 heavy (non-hydrogen) atoms. The van der Waals surface area contributed by atoms with Crippen molar-refractivity contribution in [1.82, 2.24) is 20.0 Å². The quantitative estimate of drug-likeness (QED) is 0.800. The number of piperidine rings is 1. The fourth-order valence-corrected chi connectivity index (χ4v) is 3.23. The molecule has 1 fully saturated rings. The second-order valence-corrected chi connectivity index (χ2v) is 5.54. The molecule has 0 spiro atoms. The minimum Gasteiger partial charge on any atom is -0.368 e. The zero-order chi connectivity index (χ0) is 13.5. The summed E-state index contributed by atoms with van der Waals surface area (Å²) in [6, 6.07) is 3.98. The van der Waals surface area contributed by atoms with Crippen LogP contribution in [-0.2, 0) is 11.3 Å². The number of hydrogen-bond acceptors (Lipinski definition) is 5. The monoisotopic (exact) mass is 291 g/mol. The van der Waals surface area contributed by atoms with Gasteiger partial charge in [0.2, 0.25) is 0 Å². The molecule has 0 saturated carbocycles. The van der Waals surface area contributed by atoms with Crippen LogP contribution in [0.1, 0.15) is 18.2 Å². The van der Waals surface area contributed by atoms with Crippen molar-refractivity contribution >= 4 is 17.4 Å². The van der Waals surface area contributed by atoms with Crippen LogP contribution >= 0.6 is 11.6 Å². The molecule has 0 radical (unpaired) electrons. The molecular weight excluding hydrogens is 278 g/mol. The van der Waals surface area contributed by atoms with E-state index in [9.17, 15) is 0 Å². The van der Waals surface area contributed by atoms with Gasteiger partial charge in [-0.25, -0.2) is 9.67 Å². The van der Waals surface area contributed by atoms with Gasteiger partial charge in [-0.2, -0.15) is 0 Å². The predicted octanol–water partition coefficient (Wildman–Crippen LogP) is 1.68. The molecule has 1 saturated heterocycles. The Morgan fingerprint density at radius 1 is 1.40 bits per heavy atom. The molecule has 2 atom stereocenters. The highest BCUT2D eigenvalue weighted by molar-refractivity contribution is 6.32. The van der Waals surface area contributed by atoms with Crippen molar-refractivity contribution in [3.8, 4) is 0 Å². The van der Waals surface area contributed by atoms with E-state index in [2.05, 4.69) is 20.2 Å². The first kappa shape index (κ1) is 12.1. The van der Waals surface area contributed by atoms with E-state index in [-0.39, 0.29) is 12.1 Å². The third kappa shape index (κ3) is 1.87. The summed E-state index contributed by atoms with van der Waals surface area (Å²) < 4.78 is 7.95. The van der Waals surface area contributed by atoms with Gasteiger partial charge in [0.05, 0.1) is 35.7 Å². The lowest BCUT2D eigenvalue weighted by Crippen LogP contribution is -2.48. The summed E-state index contributed by atoms with van der Waals surface area (Å²) in [6.07, 6.45) is 4.60. The number of aromatic nitrogens is 4. The lowest BCUT2D eigenvalue weighted by Gasteiger charge is -2.41. The van der Waals surface area contributed by atoms with E-state index < -0.39 is 0 Å². The van der Waals surface area contributed by atoms with Crippen LogP contribution in [0.5, 0.6) is 0 Å². The second kappa shape index (κ2) is 4.71. The smallest absolute Gasteiger partial charge is 0.147 e. The van der Waals surface area contributed by atoms with E-state index in [0.29, 0.717) is 11.6 Å². The molecule has 104 valence electrons. The van der Waals surface area contributed by atoms with Crippen LogP contribution in [0, 0.1) is 0 Å². The molecule has 0 aliphatic carbocycles. The summed E-state index contributed by atoms with van der Waals surface area (Å²) in [6.45, 7) is 2.24. The summed E-state index contributed by atoms with van der Waals surface area (Å²) in [5.41, 5.74) is 1.05. The van der Waals surface area contributed by atoms with E-state index in [1.165, 1.54) is 0 Å². The largest absolute Gasteiger partial charge is 0.368 e. The normalized spacial score (nSPS) is 25.1. The van der Waals surface area contributed by atoms with Crippen LogP contribution in [0.4, 0.5) is 5.82 Å². The van der Waals surface area contributed by atoms with Crippen LogP contribution < -0.4 is 4.90 Å². The minimum atomic E-state index is 0.107. The lowest BCUT2D eigenvalue weighted by molar-refractivity contribution is -0.0335. The fraction of sp³-hybridized carbons (Fsp3) is 0.462. The third-order valence-electron chi connectivity index (χ3n) is 3.97. The number of fused-ring (bicyclic) bond motifs is 3. The van der Waals surface area contributed by atoms with Crippen molar-refractivity contribution in [3.05, 3.63) is 35.2 Å². The zero-order valence-corrected chi connectivity index (χ0v) is 11.6. The highest BCUT2D eigenvalue weighted by atomic mass is 35.5. The minimum absolute atomic E-state index is 0.107. The highest BCUT2D eigenvalue weighted by Gasteiger charge is 2.37. The number of hydrogen-bond donors (Lipinski definition) is 0. The highest BCUT2D eigenvalue weighted by Crippen LogP contribution is 2.33. The van der Waals surface area contributed by atoms with Crippen molar-refractivity contribution in [2.24, 2.45) is 0 Å². The molecule has 0 N–H and O–H groups in total. The number of pyridine rings is 1. The molecule has 4 heterocycles. The third-order valence-corrected chi connectivity index (χ3v) is 4.27. The maximum Gasteiger partial charge on any atom is 0.147 e. The van der Waals surface area contributed by atoms with Crippen LogP contribution in [0.25, 0.3) is 0 Å². The van der Waals surface area contributed by atoms with Crippen LogP contribution in [-0.4, -0.2) is 39.2 Å². The summed E-state index contributed by atoms with van der Waals surface area (Å²) in [5, 5.41) is 8.84. The van der Waals surface area contributed by atoms with Gasteiger partial charge in [-0.1, -0.05) is 16.8 Å². The Balaban J connectivity index is 1.59. The Labute approximate surface area is 121 Å². The fourth-order valence-electron chi connectivity index (χ4n) is 2.99. The molecule has 0 amide bonds. The van der Waals surface area contributed by atoms with Gasteiger partial charge in [0.1, 0.15) is 5.82 Å². The van der Waals surface area contributed by atoms with Gasteiger partial charge in [-0.3, -0.25) is 0 Å². The van der Waals surface area contributed by atoms with Crippen LogP contribution in [0.3, 0.4) is 0 Å². The summed E-state index contributed by atoms with van der Waals surface area (Å²) >= 11 is 6.22. The first-order valence-corrected chi connectivity index (χ1v) is 7.07. The van der Waals surface area contributed by atoms with Gasteiger partial charge in [-0.15, -0.1) is 5.10 Å². The van der Waals surface area contributed by atoms with Gasteiger partial charge < -0.3 is 9.64 Å². The Morgan fingerprint density at radius 3 is 3.25 bits per heavy atom. The summed E-state index contributed by atoms with van der Waals surface area (Å²) in [4.78, 5) is 6.56. The topological polar surface area (TPSA) is 56.1 Å². The molecule has 0 aromatic carbocycles. The van der Waals surface area contributed by atoms with E-state index >= 15 is 0 Å². The van der Waals surface area contributed by atoms with E-state index in [1.54, 1.807) is 12.4 Å². The van der Waals surface area contributed by atoms with Crippen molar-refractivity contribution < 1.29 is 4.74 Å². The molecule has 0 unspecified atom stereocenters. The first-order valence-electron chi connectivity index (χ1n) is 6.69. The molecule has 6 nitrogen and oxygen atoms in total. The number of ether oxygens (including phenoxy) is 1. The van der Waals surface area contributed by atoms with Crippen LogP contribution in [0.15, 0.2) is 24.5 Å². The van der Waals surface area contributed by atoms with Crippen molar-refractivity contribution in [2.75, 3.05) is 18.0 Å². The molecule has 0 bridgehead atoms. The number of halogens is 1. The Hall–Kier alpha value is -1.66. The summed E-state index contributed by atoms with van der Waals surface area (Å²) in [5.74, 6) is 0.834. The number of rotatable bonds is 1. The van der Waals surface area contributed by atoms with Crippen molar-refractivity contribution in [2.45, 2.75) is 25.2 Å². The Kier molecular flexibility index (Phi) is 2.85. The molecule has 4 rings (SSSR count). The average Bonchev–Trinajstić information content (AvgIpc) is 2.96. The average molecular weight is 292 g/mol.